The fourth-order valence-corrected chi connectivity index (χ4v) is 2.88. The quantitative estimate of drug-likeness (QED) is 0.794. The Morgan fingerprint density at radius 2 is 2.33 bits per heavy atom. The number of hydrogen-bond acceptors (Lipinski definition) is 2. The van der Waals surface area contributed by atoms with E-state index < -0.39 is 0 Å². The van der Waals surface area contributed by atoms with Crippen molar-refractivity contribution in [3.63, 3.8) is 0 Å². The molecule has 1 fully saturated rings. The number of thiophene rings is 1. The summed E-state index contributed by atoms with van der Waals surface area (Å²) in [7, 11) is 0. The van der Waals surface area contributed by atoms with Crippen molar-refractivity contribution in [3.8, 4) is 0 Å². The summed E-state index contributed by atoms with van der Waals surface area (Å²) in [4.78, 5) is 1.34. The van der Waals surface area contributed by atoms with Crippen molar-refractivity contribution in [2.24, 2.45) is 5.92 Å². The highest BCUT2D eigenvalue weighted by atomic mass is 35.5. The fourth-order valence-electron chi connectivity index (χ4n) is 1.84. The van der Waals surface area contributed by atoms with Crippen LogP contribution in [-0.4, -0.2) is 6.04 Å². The van der Waals surface area contributed by atoms with E-state index in [0.717, 1.165) is 16.8 Å². The molecule has 2 rings (SSSR count). The maximum Gasteiger partial charge on any atom is 0.0931 e. The summed E-state index contributed by atoms with van der Waals surface area (Å²) in [5, 5.41) is 3.62. The molecule has 1 aliphatic rings. The molecule has 1 unspecified atom stereocenters. The Labute approximate surface area is 101 Å². The lowest BCUT2D eigenvalue weighted by molar-refractivity contribution is 0.446. The largest absolute Gasteiger partial charge is 0.309 e. The monoisotopic (exact) mass is 243 g/mol. The van der Waals surface area contributed by atoms with E-state index >= 15 is 0 Å². The minimum Gasteiger partial charge on any atom is -0.309 e. The Bertz CT molecular complexity index is 306. The zero-order valence-electron chi connectivity index (χ0n) is 9.13. The maximum atomic E-state index is 5.89. The molecule has 0 spiro atoms. The van der Waals surface area contributed by atoms with Gasteiger partial charge < -0.3 is 5.32 Å². The molecule has 1 nitrogen and oxygen atoms in total. The first-order valence-corrected chi connectivity index (χ1v) is 6.95. The van der Waals surface area contributed by atoms with E-state index in [1.165, 1.54) is 30.6 Å². The second-order valence-corrected chi connectivity index (χ2v) is 6.17. The first-order valence-electron chi connectivity index (χ1n) is 5.75. The van der Waals surface area contributed by atoms with Crippen LogP contribution in [0.1, 0.15) is 37.5 Å². The molecule has 3 heteroatoms. The van der Waals surface area contributed by atoms with E-state index in [-0.39, 0.29) is 0 Å². The third-order valence-electron chi connectivity index (χ3n) is 3.00. The highest BCUT2D eigenvalue weighted by Gasteiger charge is 2.24. The van der Waals surface area contributed by atoms with Gasteiger partial charge >= 0.3 is 0 Å². The average Bonchev–Trinajstić information content (AvgIpc) is 2.95. The van der Waals surface area contributed by atoms with Crippen LogP contribution in [-0.2, 0) is 6.54 Å². The van der Waals surface area contributed by atoms with Gasteiger partial charge in [0, 0.05) is 17.5 Å². The van der Waals surface area contributed by atoms with E-state index in [0.29, 0.717) is 6.04 Å². The second kappa shape index (κ2) is 5.33. The van der Waals surface area contributed by atoms with Crippen LogP contribution in [0.2, 0.25) is 4.34 Å². The van der Waals surface area contributed by atoms with Crippen LogP contribution in [0, 0.1) is 5.92 Å². The summed E-state index contributed by atoms with van der Waals surface area (Å²) in [5.74, 6) is 1.01. The maximum absolute atomic E-state index is 5.89. The molecule has 15 heavy (non-hydrogen) atoms. The second-order valence-electron chi connectivity index (χ2n) is 4.37. The normalized spacial score (nSPS) is 18.0. The van der Waals surface area contributed by atoms with Crippen LogP contribution < -0.4 is 5.32 Å². The van der Waals surface area contributed by atoms with Crippen molar-refractivity contribution in [2.75, 3.05) is 0 Å². The van der Waals surface area contributed by atoms with Crippen LogP contribution in [0.4, 0.5) is 0 Å². The van der Waals surface area contributed by atoms with Crippen molar-refractivity contribution in [1.82, 2.24) is 5.32 Å². The van der Waals surface area contributed by atoms with Gasteiger partial charge in [0.15, 0.2) is 0 Å². The first kappa shape index (κ1) is 11.4. The van der Waals surface area contributed by atoms with Crippen LogP contribution in [0.15, 0.2) is 12.1 Å². The molecule has 84 valence electrons. The van der Waals surface area contributed by atoms with Gasteiger partial charge in [-0.2, -0.15) is 0 Å². The third kappa shape index (κ3) is 3.78. The van der Waals surface area contributed by atoms with Crippen molar-refractivity contribution < 1.29 is 0 Å². The lowest BCUT2D eigenvalue weighted by Crippen LogP contribution is -2.28. The SMILES string of the molecule is CCC(CC1CC1)NCc1ccc(Cl)s1. The Morgan fingerprint density at radius 3 is 2.87 bits per heavy atom. The zero-order valence-corrected chi connectivity index (χ0v) is 10.7. The predicted molar refractivity (Wildman–Crippen MR) is 67.6 cm³/mol. The lowest BCUT2D eigenvalue weighted by atomic mass is 10.1. The highest BCUT2D eigenvalue weighted by molar-refractivity contribution is 7.16. The molecule has 0 aliphatic heterocycles. The van der Waals surface area contributed by atoms with Crippen LogP contribution >= 0.6 is 22.9 Å². The molecule has 1 aromatic heterocycles. The van der Waals surface area contributed by atoms with Crippen LogP contribution in [0.3, 0.4) is 0 Å². The van der Waals surface area contributed by atoms with Crippen molar-refractivity contribution in [2.45, 2.75) is 45.2 Å². The van der Waals surface area contributed by atoms with Gasteiger partial charge in [0.2, 0.25) is 0 Å². The topological polar surface area (TPSA) is 12.0 Å². The van der Waals surface area contributed by atoms with Gasteiger partial charge in [-0.3, -0.25) is 0 Å². The molecular weight excluding hydrogens is 226 g/mol. The minimum absolute atomic E-state index is 0.693. The Hall–Kier alpha value is -0.0500. The Balaban J connectivity index is 1.74. The number of hydrogen-bond donors (Lipinski definition) is 1. The molecule has 0 bridgehead atoms. The van der Waals surface area contributed by atoms with Gasteiger partial charge in [0.25, 0.3) is 0 Å². The average molecular weight is 244 g/mol. The molecule has 0 aromatic carbocycles. The Kier molecular flexibility index (Phi) is 4.06. The van der Waals surface area contributed by atoms with Gasteiger partial charge in [0.1, 0.15) is 0 Å². The molecule has 1 heterocycles. The molecule has 0 saturated heterocycles. The van der Waals surface area contributed by atoms with E-state index in [2.05, 4.69) is 18.3 Å². The van der Waals surface area contributed by atoms with Gasteiger partial charge in [-0.05, 0) is 30.9 Å². The van der Waals surface area contributed by atoms with Gasteiger partial charge in [-0.1, -0.05) is 31.4 Å². The molecule has 0 radical (unpaired) electrons. The predicted octanol–water partition coefficient (Wildman–Crippen LogP) is 4.07. The fraction of sp³-hybridized carbons (Fsp3) is 0.667. The summed E-state index contributed by atoms with van der Waals surface area (Å²) in [6, 6.07) is 4.79. The molecule has 1 aliphatic carbocycles. The number of rotatable bonds is 6. The Morgan fingerprint density at radius 1 is 1.53 bits per heavy atom. The molecule has 1 N–H and O–H groups in total. The number of nitrogens with one attached hydrogen (secondary N) is 1. The minimum atomic E-state index is 0.693. The molecule has 1 atom stereocenters. The zero-order chi connectivity index (χ0) is 10.7. The van der Waals surface area contributed by atoms with Crippen molar-refractivity contribution >= 4 is 22.9 Å². The van der Waals surface area contributed by atoms with Gasteiger partial charge in [-0.15, -0.1) is 11.3 Å². The van der Waals surface area contributed by atoms with Crippen LogP contribution in [0.5, 0.6) is 0 Å². The summed E-state index contributed by atoms with van der Waals surface area (Å²) in [6.45, 7) is 3.24. The summed E-state index contributed by atoms with van der Waals surface area (Å²) in [5.41, 5.74) is 0. The van der Waals surface area contributed by atoms with Gasteiger partial charge in [-0.25, -0.2) is 0 Å². The molecule has 1 saturated carbocycles. The van der Waals surface area contributed by atoms with E-state index in [1.54, 1.807) is 11.3 Å². The molecule has 1 aromatic rings. The van der Waals surface area contributed by atoms with Crippen molar-refractivity contribution in [1.29, 1.82) is 0 Å². The molecule has 0 amide bonds. The standard InChI is InChI=1S/C12H18ClNS/c1-2-10(7-9-3-4-9)14-8-11-5-6-12(13)15-11/h5-6,9-10,14H,2-4,7-8H2,1H3. The summed E-state index contributed by atoms with van der Waals surface area (Å²) >= 11 is 7.57. The van der Waals surface area contributed by atoms with E-state index in [9.17, 15) is 0 Å². The molecular formula is C12H18ClNS. The third-order valence-corrected chi connectivity index (χ3v) is 4.23. The van der Waals surface area contributed by atoms with E-state index in [4.69, 9.17) is 11.6 Å². The smallest absolute Gasteiger partial charge is 0.0931 e. The summed E-state index contributed by atoms with van der Waals surface area (Å²) < 4.78 is 0.891. The van der Waals surface area contributed by atoms with Crippen LogP contribution in [0.25, 0.3) is 0 Å². The summed E-state index contributed by atoms with van der Waals surface area (Å²) in [6.07, 6.45) is 5.48. The van der Waals surface area contributed by atoms with E-state index in [1.807, 2.05) is 6.07 Å². The first-order chi connectivity index (χ1) is 7.28. The van der Waals surface area contributed by atoms with Gasteiger partial charge in [0.05, 0.1) is 4.34 Å². The lowest BCUT2D eigenvalue weighted by Gasteiger charge is -2.15. The van der Waals surface area contributed by atoms with Crippen molar-refractivity contribution in [3.05, 3.63) is 21.3 Å². The highest BCUT2D eigenvalue weighted by Crippen LogP contribution is 2.34. The number of halogens is 1.